The molecule has 0 aromatic heterocycles. The molecule has 0 aliphatic carbocycles. The van der Waals surface area contributed by atoms with Gasteiger partial charge < -0.3 is 4.74 Å². The molecule has 0 aliphatic rings. The van der Waals surface area contributed by atoms with Crippen molar-refractivity contribution in [1.82, 2.24) is 0 Å². The fourth-order valence-electron chi connectivity index (χ4n) is 0.684. The molecule has 3 heteroatoms. The minimum atomic E-state index is -0.116. The zero-order valence-corrected chi connectivity index (χ0v) is 6.71. The topological polar surface area (TPSA) is 56.8 Å². The Morgan fingerprint density at radius 3 is 2.64 bits per heavy atom. The van der Waals surface area contributed by atoms with E-state index in [4.69, 9.17) is 15.3 Å². The van der Waals surface area contributed by atoms with E-state index in [1.807, 2.05) is 13.0 Å². The maximum Gasteiger partial charge on any atom is 0.0707 e. The molecule has 0 rings (SSSR count). The summed E-state index contributed by atoms with van der Waals surface area (Å²) in [6.07, 6.45) is 1.05. The van der Waals surface area contributed by atoms with Gasteiger partial charge in [-0.1, -0.05) is 0 Å². The summed E-state index contributed by atoms with van der Waals surface area (Å²) in [5, 5.41) is 16.8. The Bertz CT molecular complexity index is 166. The third-order valence-electron chi connectivity index (χ3n) is 1.31. The van der Waals surface area contributed by atoms with Gasteiger partial charge in [0.1, 0.15) is 0 Å². The molecule has 11 heavy (non-hydrogen) atoms. The maximum atomic E-state index is 8.54. The normalized spacial score (nSPS) is 11.5. The first-order valence-electron chi connectivity index (χ1n) is 3.69. The summed E-state index contributed by atoms with van der Waals surface area (Å²) in [5.41, 5.74) is 0. The van der Waals surface area contributed by atoms with Gasteiger partial charge in [-0.05, 0) is 13.3 Å². The molecule has 0 saturated carbocycles. The molecule has 3 nitrogen and oxygen atoms in total. The second-order valence-electron chi connectivity index (χ2n) is 2.18. The van der Waals surface area contributed by atoms with E-state index in [2.05, 4.69) is 6.07 Å². The van der Waals surface area contributed by atoms with Crippen molar-refractivity contribution in [2.75, 3.05) is 13.2 Å². The van der Waals surface area contributed by atoms with Gasteiger partial charge in [-0.3, -0.25) is 0 Å². The summed E-state index contributed by atoms with van der Waals surface area (Å²) in [4.78, 5) is 0. The quantitative estimate of drug-likeness (QED) is 0.599. The van der Waals surface area contributed by atoms with Crippen LogP contribution < -0.4 is 0 Å². The van der Waals surface area contributed by atoms with Crippen molar-refractivity contribution in [2.45, 2.75) is 19.8 Å². The average Bonchev–Trinajstić information content (AvgIpc) is 2.05. The first-order chi connectivity index (χ1) is 5.35. The number of hydrogen-bond donors (Lipinski definition) is 0. The molecule has 0 bridgehead atoms. The maximum absolute atomic E-state index is 8.54. The molecular formula is C8H12N2O. The first kappa shape index (κ1) is 9.94. The van der Waals surface area contributed by atoms with Crippen LogP contribution in [0, 0.1) is 28.6 Å². The van der Waals surface area contributed by atoms with Crippen LogP contribution in [0.15, 0.2) is 0 Å². The molecule has 0 heterocycles. The van der Waals surface area contributed by atoms with Crippen LogP contribution in [0.3, 0.4) is 0 Å². The molecule has 1 atom stereocenters. The third-order valence-corrected chi connectivity index (χ3v) is 1.31. The molecule has 0 spiro atoms. The predicted molar refractivity (Wildman–Crippen MR) is 40.4 cm³/mol. The third kappa shape index (κ3) is 5.39. The van der Waals surface area contributed by atoms with E-state index in [1.165, 1.54) is 0 Å². The van der Waals surface area contributed by atoms with Gasteiger partial charge in [0.25, 0.3) is 0 Å². The van der Waals surface area contributed by atoms with Crippen molar-refractivity contribution >= 4 is 0 Å². The Hall–Kier alpha value is -1.06. The predicted octanol–water partition coefficient (Wildman–Crippen LogP) is 1.47. The van der Waals surface area contributed by atoms with Crippen molar-refractivity contribution in [3.05, 3.63) is 0 Å². The van der Waals surface area contributed by atoms with Crippen molar-refractivity contribution < 1.29 is 4.74 Å². The number of nitriles is 2. The molecule has 0 aromatic carbocycles. The van der Waals surface area contributed by atoms with E-state index in [1.54, 1.807) is 0 Å². The van der Waals surface area contributed by atoms with Crippen LogP contribution >= 0.6 is 0 Å². The summed E-state index contributed by atoms with van der Waals surface area (Å²) in [7, 11) is 0. The summed E-state index contributed by atoms with van der Waals surface area (Å²) >= 11 is 0. The fraction of sp³-hybridized carbons (Fsp3) is 0.750. The van der Waals surface area contributed by atoms with E-state index in [0.717, 1.165) is 0 Å². The lowest BCUT2D eigenvalue weighted by Gasteiger charge is -2.04. The highest BCUT2D eigenvalue weighted by Crippen LogP contribution is 2.04. The fourth-order valence-corrected chi connectivity index (χ4v) is 0.684. The molecule has 0 amide bonds. The van der Waals surface area contributed by atoms with Crippen LogP contribution in [0.2, 0.25) is 0 Å². The Morgan fingerprint density at radius 2 is 2.18 bits per heavy atom. The molecule has 0 N–H and O–H groups in total. The number of nitrogens with zero attached hydrogens (tertiary/aromatic N) is 2. The highest BCUT2D eigenvalue weighted by Gasteiger charge is 2.05. The van der Waals surface area contributed by atoms with E-state index < -0.39 is 0 Å². The minimum absolute atomic E-state index is 0.116. The van der Waals surface area contributed by atoms with Gasteiger partial charge in [0.05, 0.1) is 24.7 Å². The van der Waals surface area contributed by atoms with E-state index in [-0.39, 0.29) is 5.92 Å². The van der Waals surface area contributed by atoms with Crippen molar-refractivity contribution in [1.29, 1.82) is 10.5 Å². The van der Waals surface area contributed by atoms with E-state index in [9.17, 15) is 0 Å². The lowest BCUT2D eigenvalue weighted by atomic mass is 10.1. The van der Waals surface area contributed by atoms with Crippen molar-refractivity contribution in [3.63, 3.8) is 0 Å². The highest BCUT2D eigenvalue weighted by molar-refractivity contribution is 4.85. The van der Waals surface area contributed by atoms with Gasteiger partial charge in [0.15, 0.2) is 0 Å². The molecule has 0 fully saturated rings. The summed E-state index contributed by atoms with van der Waals surface area (Å²) in [6, 6.07) is 4.10. The van der Waals surface area contributed by atoms with Gasteiger partial charge in [0.2, 0.25) is 0 Å². The van der Waals surface area contributed by atoms with Gasteiger partial charge in [-0.25, -0.2) is 0 Å². The zero-order chi connectivity index (χ0) is 8.53. The van der Waals surface area contributed by atoms with Crippen LogP contribution in [-0.4, -0.2) is 13.2 Å². The second-order valence-corrected chi connectivity index (χ2v) is 2.18. The van der Waals surface area contributed by atoms with Crippen LogP contribution in [0.1, 0.15) is 19.8 Å². The van der Waals surface area contributed by atoms with Crippen LogP contribution in [0.4, 0.5) is 0 Å². The van der Waals surface area contributed by atoms with Crippen molar-refractivity contribution in [3.8, 4) is 12.1 Å². The largest absolute Gasteiger partial charge is 0.380 e. The zero-order valence-electron chi connectivity index (χ0n) is 6.71. The molecule has 0 radical (unpaired) electrons. The first-order valence-corrected chi connectivity index (χ1v) is 3.69. The Balaban J connectivity index is 3.45. The van der Waals surface area contributed by atoms with Gasteiger partial charge in [0, 0.05) is 13.0 Å². The average molecular weight is 152 g/mol. The number of hydrogen-bond acceptors (Lipinski definition) is 3. The number of ether oxygens (including phenoxy) is 1. The Labute approximate surface area is 67.2 Å². The molecule has 0 aromatic rings. The molecule has 0 aliphatic heterocycles. The number of rotatable bonds is 5. The molecule has 60 valence electrons. The summed E-state index contributed by atoms with van der Waals surface area (Å²) in [6.45, 7) is 2.97. The minimum Gasteiger partial charge on any atom is -0.380 e. The van der Waals surface area contributed by atoms with E-state index >= 15 is 0 Å². The van der Waals surface area contributed by atoms with Crippen molar-refractivity contribution in [2.24, 2.45) is 5.92 Å². The highest BCUT2D eigenvalue weighted by atomic mass is 16.5. The molecular weight excluding hydrogens is 140 g/mol. The second kappa shape index (κ2) is 7.05. The molecule has 0 saturated heterocycles. The SMILES string of the molecule is CCOCC(C#N)CCC#N. The molecule has 1 unspecified atom stereocenters. The van der Waals surface area contributed by atoms with Crippen LogP contribution in [-0.2, 0) is 4.74 Å². The van der Waals surface area contributed by atoms with Gasteiger partial charge >= 0.3 is 0 Å². The Kier molecular flexibility index (Phi) is 6.37. The lowest BCUT2D eigenvalue weighted by molar-refractivity contribution is 0.124. The monoisotopic (exact) mass is 152 g/mol. The van der Waals surface area contributed by atoms with Gasteiger partial charge in [-0.2, -0.15) is 10.5 Å². The van der Waals surface area contributed by atoms with Crippen LogP contribution in [0.5, 0.6) is 0 Å². The van der Waals surface area contributed by atoms with Crippen LogP contribution in [0.25, 0.3) is 0 Å². The lowest BCUT2D eigenvalue weighted by Crippen LogP contribution is -2.06. The Morgan fingerprint density at radius 1 is 1.45 bits per heavy atom. The standard InChI is InChI=1S/C8H12N2O/c1-2-11-7-8(6-10)4-3-5-9/h8H,2-4,7H2,1H3. The van der Waals surface area contributed by atoms with E-state index in [0.29, 0.717) is 26.1 Å². The smallest absolute Gasteiger partial charge is 0.0707 e. The van der Waals surface area contributed by atoms with Gasteiger partial charge in [-0.15, -0.1) is 0 Å². The summed E-state index contributed by atoms with van der Waals surface area (Å²) in [5.74, 6) is -0.116. The summed E-state index contributed by atoms with van der Waals surface area (Å²) < 4.78 is 5.05.